The van der Waals surface area contributed by atoms with E-state index in [2.05, 4.69) is 5.10 Å². The maximum Gasteiger partial charge on any atom is 0.359 e. The number of halogens is 3. The highest BCUT2D eigenvalue weighted by molar-refractivity contribution is 7.79. The summed E-state index contributed by atoms with van der Waals surface area (Å²) in [7, 11) is 0. The molecular weight excluding hydrogens is 334 g/mol. The molecule has 8 heteroatoms. The predicted molar refractivity (Wildman–Crippen MR) is 81.4 cm³/mol. The summed E-state index contributed by atoms with van der Waals surface area (Å²) in [6.45, 7) is 1.67. The Morgan fingerprint density at radius 3 is 2.86 bits per heavy atom. The molecule has 0 spiro atoms. The Morgan fingerprint density at radius 1 is 1.50 bits per heavy atom. The van der Waals surface area contributed by atoms with Gasteiger partial charge in [-0.1, -0.05) is 23.8 Å². The van der Waals surface area contributed by atoms with Crippen LogP contribution in [0.2, 0.25) is 5.15 Å². The molecule has 1 aromatic heterocycles. The molecule has 0 unspecified atom stereocenters. The lowest BCUT2D eigenvalue weighted by molar-refractivity contribution is 0.0518. The second kappa shape index (κ2) is 6.93. The van der Waals surface area contributed by atoms with Gasteiger partial charge in [0, 0.05) is 10.9 Å². The third kappa shape index (κ3) is 3.31. The summed E-state index contributed by atoms with van der Waals surface area (Å²) in [6.07, 6.45) is 0. The van der Waals surface area contributed by atoms with Crippen molar-refractivity contribution >= 4 is 35.2 Å². The first-order chi connectivity index (χ1) is 10.5. The zero-order valence-electron chi connectivity index (χ0n) is 11.5. The lowest BCUT2D eigenvalue weighted by atomic mass is 10.2. The zero-order chi connectivity index (χ0) is 16.3. The molecule has 4 nitrogen and oxygen atoms in total. The number of carbonyl (C=O) groups is 1. The summed E-state index contributed by atoms with van der Waals surface area (Å²) in [5.74, 6) is -1.87. The minimum Gasteiger partial charge on any atom is -0.461 e. The van der Waals surface area contributed by atoms with Crippen LogP contribution in [-0.2, 0) is 11.3 Å². The van der Waals surface area contributed by atoms with Crippen LogP contribution in [0.25, 0.3) is 0 Å². The van der Waals surface area contributed by atoms with Gasteiger partial charge in [-0.15, -0.1) is 0 Å². The fourth-order valence-electron chi connectivity index (χ4n) is 1.84. The monoisotopic (exact) mass is 344 g/mol. The van der Waals surface area contributed by atoms with Crippen molar-refractivity contribution in [3.63, 3.8) is 0 Å². The van der Waals surface area contributed by atoms with Crippen LogP contribution in [0.3, 0.4) is 0 Å². The fourth-order valence-corrected chi connectivity index (χ4v) is 2.37. The van der Waals surface area contributed by atoms with E-state index in [0.717, 1.165) is 18.2 Å². The van der Waals surface area contributed by atoms with E-state index >= 15 is 0 Å². The van der Waals surface area contributed by atoms with Crippen molar-refractivity contribution in [2.24, 2.45) is 0 Å². The third-order valence-electron chi connectivity index (χ3n) is 2.84. The average Bonchev–Trinajstić information content (AvgIpc) is 2.80. The first-order valence-electron chi connectivity index (χ1n) is 6.30. The largest absolute Gasteiger partial charge is 0.461 e. The van der Waals surface area contributed by atoms with Crippen LogP contribution in [0, 0.1) is 11.6 Å². The Kier molecular flexibility index (Phi) is 5.20. The topological polar surface area (TPSA) is 44.1 Å². The maximum absolute atomic E-state index is 13.7. The number of benzene rings is 1. The van der Waals surface area contributed by atoms with Crippen LogP contribution in [0.5, 0.6) is 0 Å². The Bertz CT molecular complexity index is 734. The molecule has 1 heterocycles. The smallest absolute Gasteiger partial charge is 0.359 e. The molecule has 0 amide bonds. The minimum absolute atomic E-state index is 0.0516. The van der Waals surface area contributed by atoms with Crippen molar-refractivity contribution in [3.05, 3.63) is 51.8 Å². The maximum atomic E-state index is 13.7. The van der Waals surface area contributed by atoms with Gasteiger partial charge in [-0.25, -0.2) is 18.3 Å². The van der Waals surface area contributed by atoms with Crippen LogP contribution < -0.4 is 0 Å². The Morgan fingerprint density at radius 2 is 2.23 bits per heavy atom. The lowest BCUT2D eigenvalue weighted by Crippen LogP contribution is -2.09. The van der Waals surface area contributed by atoms with E-state index in [9.17, 15) is 13.6 Å². The van der Waals surface area contributed by atoms with Gasteiger partial charge in [-0.05, 0) is 25.1 Å². The lowest BCUT2D eigenvalue weighted by Gasteiger charge is -2.05. The molecule has 0 aliphatic carbocycles. The van der Waals surface area contributed by atoms with E-state index in [4.69, 9.17) is 28.6 Å². The van der Waals surface area contributed by atoms with Gasteiger partial charge in [0.25, 0.3) is 0 Å². The quantitative estimate of drug-likeness (QED) is 0.616. The van der Waals surface area contributed by atoms with E-state index in [-0.39, 0.29) is 35.1 Å². The molecule has 0 aliphatic rings. The molecule has 0 N–H and O–H groups in total. The number of aromatic nitrogens is 2. The van der Waals surface area contributed by atoms with Gasteiger partial charge in [-0.2, -0.15) is 5.10 Å². The molecule has 0 radical (unpaired) electrons. The molecular formula is C14H11ClF2N2O2S. The number of hydrogen-bond donors (Lipinski definition) is 0. The summed E-state index contributed by atoms with van der Waals surface area (Å²) >= 11 is 10.9. The standard InChI is InChI=1S/C14H11ClF2N2O2S/c1-2-21-14(20)12-10(7-22)13(15)19(18-12)6-8-5-9(16)3-4-11(8)17/h3-5,7H,2,6H2,1H3. The van der Waals surface area contributed by atoms with Crippen molar-refractivity contribution < 1.29 is 18.3 Å². The minimum atomic E-state index is -0.682. The Labute approximate surface area is 135 Å². The van der Waals surface area contributed by atoms with Crippen LogP contribution in [0.4, 0.5) is 8.78 Å². The van der Waals surface area contributed by atoms with E-state index in [1.807, 2.05) is 0 Å². The van der Waals surface area contributed by atoms with Crippen LogP contribution in [-0.4, -0.2) is 27.7 Å². The van der Waals surface area contributed by atoms with Gasteiger partial charge in [0.05, 0.1) is 18.7 Å². The van der Waals surface area contributed by atoms with E-state index in [1.54, 1.807) is 6.92 Å². The number of ether oxygens (including phenoxy) is 1. The molecule has 0 aliphatic heterocycles. The van der Waals surface area contributed by atoms with E-state index in [0.29, 0.717) is 0 Å². The molecule has 2 aromatic rings. The van der Waals surface area contributed by atoms with Gasteiger partial charge in [0.15, 0.2) is 5.69 Å². The first-order valence-corrected chi connectivity index (χ1v) is 7.15. The van der Waals surface area contributed by atoms with Crippen LogP contribution in [0.1, 0.15) is 28.5 Å². The highest BCUT2D eigenvalue weighted by Gasteiger charge is 2.22. The molecule has 0 saturated carbocycles. The van der Waals surface area contributed by atoms with Gasteiger partial charge < -0.3 is 4.74 Å². The fraction of sp³-hybridized carbons (Fsp3) is 0.214. The molecule has 0 fully saturated rings. The second-order valence-electron chi connectivity index (χ2n) is 4.28. The molecule has 22 heavy (non-hydrogen) atoms. The van der Waals surface area contributed by atoms with Crippen LogP contribution in [0.15, 0.2) is 18.2 Å². The van der Waals surface area contributed by atoms with Crippen molar-refractivity contribution in [1.29, 1.82) is 0 Å². The van der Waals surface area contributed by atoms with Gasteiger partial charge in [-0.3, -0.25) is 0 Å². The van der Waals surface area contributed by atoms with Crippen molar-refractivity contribution in [1.82, 2.24) is 9.78 Å². The highest BCUT2D eigenvalue weighted by Crippen LogP contribution is 2.22. The molecule has 116 valence electrons. The molecule has 0 saturated heterocycles. The molecule has 1 aromatic carbocycles. The van der Waals surface area contributed by atoms with Crippen molar-refractivity contribution in [2.45, 2.75) is 13.5 Å². The summed E-state index contributed by atoms with van der Waals surface area (Å²) in [4.78, 5) is 11.8. The average molecular weight is 345 g/mol. The van der Waals surface area contributed by atoms with Crippen molar-refractivity contribution in [3.8, 4) is 0 Å². The molecule has 0 bridgehead atoms. The summed E-state index contributed by atoms with van der Waals surface area (Å²) in [5, 5.41) is 5.24. The number of carbonyl (C=O) groups excluding carboxylic acids is 1. The number of esters is 1. The summed E-state index contributed by atoms with van der Waals surface area (Å²) in [6, 6.07) is 3.05. The Balaban J connectivity index is 2.42. The Hall–Kier alpha value is -1.86. The number of thiocarbonyl (C=S) groups is 1. The normalized spacial score (nSPS) is 10.5. The SMILES string of the molecule is CCOC(=O)c1nn(Cc2cc(F)ccc2F)c(Cl)c1C=S. The van der Waals surface area contributed by atoms with Gasteiger partial charge >= 0.3 is 5.97 Å². The third-order valence-corrected chi connectivity index (χ3v) is 3.47. The number of nitrogens with zero attached hydrogens (tertiary/aromatic N) is 2. The first kappa shape index (κ1) is 16.5. The predicted octanol–water partition coefficient (Wildman–Crippen LogP) is 3.39. The van der Waals surface area contributed by atoms with Gasteiger partial charge in [0.1, 0.15) is 16.8 Å². The van der Waals surface area contributed by atoms with E-state index in [1.165, 1.54) is 10.0 Å². The zero-order valence-corrected chi connectivity index (χ0v) is 13.0. The van der Waals surface area contributed by atoms with Gasteiger partial charge in [0.2, 0.25) is 0 Å². The summed E-state index contributed by atoms with van der Waals surface area (Å²) in [5.41, 5.74) is 0.210. The number of hydrogen-bond acceptors (Lipinski definition) is 4. The van der Waals surface area contributed by atoms with Crippen LogP contribution >= 0.6 is 23.8 Å². The van der Waals surface area contributed by atoms with E-state index < -0.39 is 17.6 Å². The number of rotatable bonds is 5. The highest BCUT2D eigenvalue weighted by atomic mass is 35.5. The second-order valence-corrected chi connectivity index (χ2v) is 4.88. The molecule has 0 atom stereocenters. The molecule has 2 rings (SSSR count). The van der Waals surface area contributed by atoms with Crippen molar-refractivity contribution in [2.75, 3.05) is 6.61 Å². The summed E-state index contributed by atoms with van der Waals surface area (Å²) < 4.78 is 32.9.